The summed E-state index contributed by atoms with van der Waals surface area (Å²) < 4.78 is 0. The van der Waals surface area contributed by atoms with Gasteiger partial charge in [-0.2, -0.15) is 5.10 Å². The van der Waals surface area contributed by atoms with Gasteiger partial charge in [0.1, 0.15) is 5.71 Å². The van der Waals surface area contributed by atoms with Gasteiger partial charge in [-0.3, -0.25) is 4.79 Å². The number of aliphatic hydroxyl groups is 1. The van der Waals surface area contributed by atoms with Crippen LogP contribution >= 0.6 is 0 Å². The average molecular weight is 287 g/mol. The lowest BCUT2D eigenvalue weighted by molar-refractivity contribution is -0.116. The Balaban J connectivity index is 2.25. The lowest BCUT2D eigenvalue weighted by Gasteiger charge is -2.20. The van der Waals surface area contributed by atoms with Crippen LogP contribution in [0.1, 0.15) is 26.3 Å². The van der Waals surface area contributed by atoms with E-state index in [0.717, 1.165) is 24.3 Å². The molecule has 5 heteroatoms. The van der Waals surface area contributed by atoms with Crippen LogP contribution in [0, 0.1) is 0 Å². The maximum atomic E-state index is 11.7. The molecule has 2 N–H and O–H groups in total. The number of nitrogens with zero attached hydrogens (tertiary/aromatic N) is 2. The number of hydrogen-bond donors (Lipinski definition) is 2. The summed E-state index contributed by atoms with van der Waals surface area (Å²) in [7, 11) is 0. The van der Waals surface area contributed by atoms with Crippen molar-refractivity contribution in [1.29, 1.82) is 0 Å². The highest BCUT2D eigenvalue weighted by Gasteiger charge is 2.25. The Morgan fingerprint density at radius 2 is 1.90 bits per heavy atom. The van der Waals surface area contributed by atoms with Crippen molar-refractivity contribution in [3.63, 3.8) is 0 Å². The fourth-order valence-electron chi connectivity index (χ4n) is 2.34. The van der Waals surface area contributed by atoms with Crippen LogP contribution in [0.3, 0.4) is 0 Å². The maximum absolute atomic E-state index is 11.7. The van der Waals surface area contributed by atoms with E-state index in [0.29, 0.717) is 11.3 Å². The minimum Gasteiger partial charge on any atom is -0.387 e. The number of carbonyl (C=O) groups is 1. The van der Waals surface area contributed by atoms with Crippen molar-refractivity contribution in [3.05, 3.63) is 35.4 Å². The molecular formula is C16H21N3O2. The average Bonchev–Trinajstić information content (AvgIpc) is 2.83. The molecule has 0 aromatic heterocycles. The van der Waals surface area contributed by atoms with Gasteiger partial charge in [0.05, 0.1) is 11.7 Å². The fraction of sp³-hybridized carbons (Fsp3) is 0.375. The number of rotatable bonds is 5. The molecule has 1 aliphatic rings. The van der Waals surface area contributed by atoms with E-state index in [2.05, 4.69) is 29.3 Å². The van der Waals surface area contributed by atoms with Crippen LogP contribution in [0.5, 0.6) is 0 Å². The number of anilines is 1. The number of hydrogen-bond acceptors (Lipinski definition) is 4. The van der Waals surface area contributed by atoms with Crippen LogP contribution in [-0.2, 0) is 4.79 Å². The Kier molecular flexibility index (Phi) is 4.75. The molecule has 1 aliphatic heterocycles. The molecule has 0 fully saturated rings. The summed E-state index contributed by atoms with van der Waals surface area (Å²) >= 11 is 0. The molecule has 1 unspecified atom stereocenters. The zero-order valence-corrected chi connectivity index (χ0v) is 12.6. The highest BCUT2D eigenvalue weighted by atomic mass is 16.3. The van der Waals surface area contributed by atoms with Crippen LogP contribution in [0.4, 0.5) is 5.69 Å². The van der Waals surface area contributed by atoms with E-state index >= 15 is 0 Å². The van der Waals surface area contributed by atoms with Gasteiger partial charge in [0, 0.05) is 18.8 Å². The van der Waals surface area contributed by atoms with Crippen LogP contribution in [-0.4, -0.2) is 35.9 Å². The van der Waals surface area contributed by atoms with Gasteiger partial charge >= 0.3 is 0 Å². The third-order valence-electron chi connectivity index (χ3n) is 3.53. The molecular weight excluding hydrogens is 266 g/mol. The second-order valence-electron chi connectivity index (χ2n) is 4.94. The zero-order chi connectivity index (χ0) is 15.4. The molecule has 1 aromatic rings. The molecule has 0 saturated heterocycles. The summed E-state index contributed by atoms with van der Waals surface area (Å²) in [4.78, 5) is 14.0. The lowest BCUT2D eigenvalue weighted by Crippen LogP contribution is -2.21. The van der Waals surface area contributed by atoms with E-state index in [1.54, 1.807) is 13.0 Å². The highest BCUT2D eigenvalue weighted by molar-refractivity contribution is 6.28. The van der Waals surface area contributed by atoms with E-state index in [1.165, 1.54) is 0 Å². The Morgan fingerprint density at radius 1 is 1.29 bits per heavy atom. The van der Waals surface area contributed by atoms with Crippen molar-refractivity contribution in [3.8, 4) is 0 Å². The standard InChI is InChI=1S/C16H21N3O2/c1-4-19(5-2)13-8-6-12(7-9-13)10-14-15(11(3)20)17-18-16(14)21/h6-11,20H,4-5H2,1-3H3,(H,18,21)/b14-10-. The van der Waals surface area contributed by atoms with Gasteiger partial charge in [-0.05, 0) is 44.5 Å². The van der Waals surface area contributed by atoms with E-state index in [4.69, 9.17) is 0 Å². The van der Waals surface area contributed by atoms with Gasteiger partial charge in [-0.15, -0.1) is 0 Å². The minimum absolute atomic E-state index is 0.279. The SMILES string of the molecule is CCN(CC)c1ccc(/C=C2\C(=O)NN=C2C(C)O)cc1. The van der Waals surface area contributed by atoms with Gasteiger partial charge < -0.3 is 10.0 Å². The maximum Gasteiger partial charge on any atom is 0.273 e. The predicted octanol–water partition coefficient (Wildman–Crippen LogP) is 1.78. The number of benzene rings is 1. The predicted molar refractivity (Wildman–Crippen MR) is 85.2 cm³/mol. The summed E-state index contributed by atoms with van der Waals surface area (Å²) in [6.45, 7) is 7.74. The molecule has 1 aromatic carbocycles. The Labute approximate surface area is 125 Å². The van der Waals surface area contributed by atoms with Crippen molar-refractivity contribution in [2.24, 2.45) is 5.10 Å². The summed E-state index contributed by atoms with van der Waals surface area (Å²) in [5.41, 5.74) is 5.24. The van der Waals surface area contributed by atoms with Gasteiger partial charge in [0.25, 0.3) is 5.91 Å². The topological polar surface area (TPSA) is 64.9 Å². The zero-order valence-electron chi connectivity index (χ0n) is 12.6. The van der Waals surface area contributed by atoms with Crippen LogP contribution in [0.2, 0.25) is 0 Å². The van der Waals surface area contributed by atoms with E-state index in [9.17, 15) is 9.90 Å². The molecule has 21 heavy (non-hydrogen) atoms. The normalized spacial score (nSPS) is 17.6. The number of hydrazone groups is 1. The number of amides is 1. The van der Waals surface area contributed by atoms with Crippen LogP contribution in [0.15, 0.2) is 34.9 Å². The molecule has 2 rings (SSSR count). The first-order valence-corrected chi connectivity index (χ1v) is 7.19. The molecule has 0 saturated carbocycles. The number of aliphatic hydroxyl groups excluding tert-OH is 1. The monoisotopic (exact) mass is 287 g/mol. The van der Waals surface area contributed by atoms with Crippen LogP contribution in [0.25, 0.3) is 6.08 Å². The van der Waals surface area contributed by atoms with Gasteiger partial charge in [-0.25, -0.2) is 5.43 Å². The molecule has 0 spiro atoms. The number of nitrogens with one attached hydrogen (secondary N) is 1. The van der Waals surface area contributed by atoms with E-state index in [1.807, 2.05) is 24.3 Å². The van der Waals surface area contributed by atoms with Crippen molar-refractivity contribution in [2.45, 2.75) is 26.9 Å². The molecule has 112 valence electrons. The first kappa shape index (κ1) is 15.3. The molecule has 1 heterocycles. The van der Waals surface area contributed by atoms with Crippen LogP contribution < -0.4 is 10.3 Å². The van der Waals surface area contributed by atoms with Crippen molar-refractivity contribution in [1.82, 2.24) is 5.43 Å². The quantitative estimate of drug-likeness (QED) is 0.811. The summed E-state index contributed by atoms with van der Waals surface area (Å²) in [6.07, 6.45) is 0.977. The first-order chi connectivity index (χ1) is 10.1. The number of carbonyl (C=O) groups excluding carboxylic acids is 1. The highest BCUT2D eigenvalue weighted by Crippen LogP contribution is 2.19. The third-order valence-corrected chi connectivity index (χ3v) is 3.53. The second-order valence-corrected chi connectivity index (χ2v) is 4.94. The molecule has 5 nitrogen and oxygen atoms in total. The molecule has 0 bridgehead atoms. The van der Waals surface area contributed by atoms with Gasteiger partial charge in [0.15, 0.2) is 0 Å². The fourth-order valence-corrected chi connectivity index (χ4v) is 2.34. The van der Waals surface area contributed by atoms with Crippen molar-refractivity contribution < 1.29 is 9.90 Å². The second kappa shape index (κ2) is 6.54. The first-order valence-electron chi connectivity index (χ1n) is 7.19. The Morgan fingerprint density at radius 3 is 2.43 bits per heavy atom. The lowest BCUT2D eigenvalue weighted by atomic mass is 10.0. The summed E-state index contributed by atoms with van der Waals surface area (Å²) in [6, 6.07) is 7.99. The van der Waals surface area contributed by atoms with Gasteiger partial charge in [0.2, 0.25) is 0 Å². The molecule has 0 radical (unpaired) electrons. The summed E-state index contributed by atoms with van der Waals surface area (Å²) in [5.74, 6) is -0.279. The van der Waals surface area contributed by atoms with Gasteiger partial charge in [-0.1, -0.05) is 12.1 Å². The van der Waals surface area contributed by atoms with E-state index < -0.39 is 6.10 Å². The minimum atomic E-state index is -0.773. The van der Waals surface area contributed by atoms with Crippen molar-refractivity contribution >= 4 is 23.4 Å². The largest absolute Gasteiger partial charge is 0.387 e. The van der Waals surface area contributed by atoms with Crippen molar-refractivity contribution in [2.75, 3.05) is 18.0 Å². The Hall–Kier alpha value is -2.14. The Bertz CT molecular complexity index is 570. The molecule has 1 atom stereocenters. The molecule has 1 amide bonds. The summed E-state index contributed by atoms with van der Waals surface area (Å²) in [5, 5.41) is 13.5. The smallest absolute Gasteiger partial charge is 0.273 e. The third kappa shape index (κ3) is 3.31. The molecule has 0 aliphatic carbocycles. The van der Waals surface area contributed by atoms with E-state index in [-0.39, 0.29) is 5.91 Å².